The van der Waals surface area contributed by atoms with Gasteiger partial charge in [0.15, 0.2) is 0 Å². The maximum atomic E-state index is 12.7. The Balaban J connectivity index is 2.39. The van der Waals surface area contributed by atoms with Gasteiger partial charge in [-0.25, -0.2) is 8.42 Å². The maximum Gasteiger partial charge on any atom is 0.246 e. The number of morpholine rings is 1. The second-order valence-electron chi connectivity index (χ2n) is 4.91. The number of aromatic amines is 1. The fourth-order valence-corrected chi connectivity index (χ4v) is 4.34. The molecular weight excluding hydrogens is 268 g/mol. The summed E-state index contributed by atoms with van der Waals surface area (Å²) in [6.07, 6.45) is -0.237. The molecule has 1 fully saturated rings. The molecule has 0 radical (unpaired) electrons. The van der Waals surface area contributed by atoms with Crippen molar-refractivity contribution in [1.29, 1.82) is 0 Å². The van der Waals surface area contributed by atoms with Crippen molar-refractivity contribution in [3.05, 3.63) is 11.4 Å². The molecule has 2 heterocycles. The van der Waals surface area contributed by atoms with Crippen molar-refractivity contribution in [3.63, 3.8) is 0 Å². The van der Waals surface area contributed by atoms with Crippen molar-refractivity contribution in [2.75, 3.05) is 13.1 Å². The van der Waals surface area contributed by atoms with Gasteiger partial charge in [-0.3, -0.25) is 5.10 Å². The Morgan fingerprint density at radius 2 is 2.00 bits per heavy atom. The van der Waals surface area contributed by atoms with Crippen LogP contribution in [0.1, 0.15) is 25.2 Å². The monoisotopic (exact) mass is 288 g/mol. The molecule has 8 heteroatoms. The SMILES string of the molecule is Cc1[nH]nc(CN)c1S(=O)(=O)N1C[C@@H](C)O[C@@H](C)C1. The quantitative estimate of drug-likeness (QED) is 0.813. The number of nitrogens with zero attached hydrogens (tertiary/aromatic N) is 2. The van der Waals surface area contributed by atoms with E-state index >= 15 is 0 Å². The summed E-state index contributed by atoms with van der Waals surface area (Å²) in [5.74, 6) is 0. The number of aryl methyl sites for hydroxylation is 1. The van der Waals surface area contributed by atoms with Gasteiger partial charge in [-0.15, -0.1) is 0 Å². The van der Waals surface area contributed by atoms with Crippen molar-refractivity contribution in [1.82, 2.24) is 14.5 Å². The summed E-state index contributed by atoms with van der Waals surface area (Å²) in [5, 5.41) is 6.64. The molecule has 2 rings (SSSR count). The van der Waals surface area contributed by atoms with Gasteiger partial charge in [-0.1, -0.05) is 0 Å². The Bertz CT molecular complexity index is 544. The molecular formula is C11H20N4O3S. The van der Waals surface area contributed by atoms with Gasteiger partial charge in [0, 0.05) is 19.6 Å². The number of aromatic nitrogens is 2. The summed E-state index contributed by atoms with van der Waals surface area (Å²) >= 11 is 0. The van der Waals surface area contributed by atoms with Crippen LogP contribution in [0.5, 0.6) is 0 Å². The van der Waals surface area contributed by atoms with Gasteiger partial charge in [-0.05, 0) is 20.8 Å². The van der Waals surface area contributed by atoms with E-state index in [-0.39, 0.29) is 23.6 Å². The third kappa shape index (κ3) is 2.66. The molecule has 1 aliphatic heterocycles. The highest BCUT2D eigenvalue weighted by Gasteiger charge is 2.35. The molecule has 1 saturated heterocycles. The minimum absolute atomic E-state index is 0.0916. The summed E-state index contributed by atoms with van der Waals surface area (Å²) in [7, 11) is -3.58. The molecule has 1 aromatic heterocycles. The predicted molar refractivity (Wildman–Crippen MR) is 70.0 cm³/mol. The van der Waals surface area contributed by atoms with Gasteiger partial charge in [0.2, 0.25) is 10.0 Å². The molecule has 0 bridgehead atoms. The number of rotatable bonds is 3. The van der Waals surface area contributed by atoms with Crippen molar-refractivity contribution in [2.45, 2.75) is 44.4 Å². The van der Waals surface area contributed by atoms with Crippen LogP contribution >= 0.6 is 0 Å². The van der Waals surface area contributed by atoms with Crippen LogP contribution in [0.15, 0.2) is 4.90 Å². The van der Waals surface area contributed by atoms with Crippen molar-refractivity contribution >= 4 is 10.0 Å². The van der Waals surface area contributed by atoms with Crippen LogP contribution in [0.3, 0.4) is 0 Å². The zero-order chi connectivity index (χ0) is 14.2. The number of nitrogens with one attached hydrogen (secondary N) is 1. The topological polar surface area (TPSA) is 101 Å². The van der Waals surface area contributed by atoms with E-state index in [1.165, 1.54) is 4.31 Å². The Morgan fingerprint density at radius 3 is 2.53 bits per heavy atom. The lowest BCUT2D eigenvalue weighted by Crippen LogP contribution is -2.48. The Kier molecular flexibility index (Phi) is 3.95. The van der Waals surface area contributed by atoms with Crippen molar-refractivity contribution in [2.24, 2.45) is 5.73 Å². The number of ether oxygens (including phenoxy) is 1. The lowest BCUT2D eigenvalue weighted by atomic mass is 10.3. The van der Waals surface area contributed by atoms with Crippen LogP contribution in [-0.4, -0.2) is 48.2 Å². The van der Waals surface area contributed by atoms with E-state index in [4.69, 9.17) is 10.5 Å². The molecule has 1 aromatic rings. The van der Waals surface area contributed by atoms with E-state index in [0.717, 1.165) is 0 Å². The number of hydrogen-bond donors (Lipinski definition) is 2. The second-order valence-corrected chi connectivity index (χ2v) is 6.78. The molecule has 0 aliphatic carbocycles. The van der Waals surface area contributed by atoms with Crippen LogP contribution in [-0.2, 0) is 21.3 Å². The standard InChI is InChI=1S/C11H20N4O3S/c1-7-5-15(6-8(2)18-7)19(16,17)11-9(3)13-14-10(11)4-12/h7-8H,4-6,12H2,1-3H3,(H,13,14)/t7-,8+. The van der Waals surface area contributed by atoms with Gasteiger partial charge < -0.3 is 10.5 Å². The first kappa shape index (κ1) is 14.4. The van der Waals surface area contributed by atoms with Crippen molar-refractivity contribution in [3.8, 4) is 0 Å². The zero-order valence-electron chi connectivity index (χ0n) is 11.4. The summed E-state index contributed by atoms with van der Waals surface area (Å²) in [6.45, 7) is 6.21. The molecule has 0 amide bonds. The highest BCUT2D eigenvalue weighted by molar-refractivity contribution is 7.89. The number of sulfonamides is 1. The first-order valence-electron chi connectivity index (χ1n) is 6.25. The molecule has 3 N–H and O–H groups in total. The van der Waals surface area contributed by atoms with Crippen LogP contribution in [0.2, 0.25) is 0 Å². The number of hydrogen-bond acceptors (Lipinski definition) is 5. The molecule has 0 unspecified atom stereocenters. The van der Waals surface area contributed by atoms with E-state index in [0.29, 0.717) is 24.5 Å². The maximum absolute atomic E-state index is 12.7. The third-order valence-corrected chi connectivity index (χ3v) is 5.17. The smallest absolute Gasteiger partial charge is 0.246 e. The van der Waals surface area contributed by atoms with Crippen molar-refractivity contribution < 1.29 is 13.2 Å². The highest BCUT2D eigenvalue weighted by atomic mass is 32.2. The average molecular weight is 288 g/mol. The summed E-state index contributed by atoms with van der Waals surface area (Å²) < 4.78 is 32.4. The average Bonchev–Trinajstić information content (AvgIpc) is 2.69. The third-order valence-electron chi connectivity index (χ3n) is 3.14. The molecule has 0 aromatic carbocycles. The highest BCUT2D eigenvalue weighted by Crippen LogP contribution is 2.25. The predicted octanol–water partition coefficient (Wildman–Crippen LogP) is -0.0253. The van der Waals surface area contributed by atoms with Crippen LogP contribution in [0.25, 0.3) is 0 Å². The first-order valence-corrected chi connectivity index (χ1v) is 7.69. The lowest BCUT2D eigenvalue weighted by molar-refractivity contribution is -0.0441. The lowest BCUT2D eigenvalue weighted by Gasteiger charge is -2.34. The number of nitrogens with two attached hydrogens (primary N) is 1. The summed E-state index contributed by atoms with van der Waals surface area (Å²) in [6, 6.07) is 0. The van der Waals surface area contributed by atoms with Gasteiger partial charge in [0.05, 0.1) is 23.6 Å². The van der Waals surface area contributed by atoms with Crippen LogP contribution in [0, 0.1) is 6.92 Å². The minimum atomic E-state index is -3.58. The largest absolute Gasteiger partial charge is 0.373 e. The molecule has 2 atom stereocenters. The van der Waals surface area contributed by atoms with E-state index in [2.05, 4.69) is 10.2 Å². The van der Waals surface area contributed by atoms with E-state index in [1.54, 1.807) is 6.92 Å². The van der Waals surface area contributed by atoms with Gasteiger partial charge in [0.25, 0.3) is 0 Å². The zero-order valence-corrected chi connectivity index (χ0v) is 12.2. The molecule has 108 valence electrons. The van der Waals surface area contributed by atoms with Crippen LogP contribution < -0.4 is 5.73 Å². The fraction of sp³-hybridized carbons (Fsp3) is 0.727. The minimum Gasteiger partial charge on any atom is -0.373 e. The van der Waals surface area contributed by atoms with E-state index in [9.17, 15) is 8.42 Å². The van der Waals surface area contributed by atoms with Gasteiger partial charge in [0.1, 0.15) is 4.90 Å². The Morgan fingerprint density at radius 1 is 1.42 bits per heavy atom. The first-order chi connectivity index (χ1) is 8.86. The molecule has 7 nitrogen and oxygen atoms in total. The molecule has 19 heavy (non-hydrogen) atoms. The Labute approximate surface area is 113 Å². The van der Waals surface area contributed by atoms with Gasteiger partial charge >= 0.3 is 0 Å². The van der Waals surface area contributed by atoms with E-state index < -0.39 is 10.0 Å². The molecule has 1 aliphatic rings. The fourth-order valence-electron chi connectivity index (χ4n) is 2.41. The Hall–Kier alpha value is -0.960. The molecule has 0 spiro atoms. The second kappa shape index (κ2) is 5.20. The van der Waals surface area contributed by atoms with Crippen LogP contribution in [0.4, 0.5) is 0 Å². The number of H-pyrrole nitrogens is 1. The normalized spacial score (nSPS) is 25.7. The summed E-state index contributed by atoms with van der Waals surface area (Å²) in [5.41, 5.74) is 6.45. The molecule has 0 saturated carbocycles. The van der Waals surface area contributed by atoms with E-state index in [1.807, 2.05) is 13.8 Å². The summed E-state index contributed by atoms with van der Waals surface area (Å²) in [4.78, 5) is 0.205. The van der Waals surface area contributed by atoms with Gasteiger partial charge in [-0.2, -0.15) is 9.40 Å².